The van der Waals surface area contributed by atoms with Crippen LogP contribution in [0.5, 0.6) is 0 Å². The number of aryl methyl sites for hydroxylation is 1. The third-order valence-corrected chi connectivity index (χ3v) is 3.15. The zero-order valence-corrected chi connectivity index (χ0v) is 11.5. The molecule has 0 aliphatic heterocycles. The molecule has 0 saturated heterocycles. The third-order valence-electron chi connectivity index (χ3n) is 2.31. The van der Waals surface area contributed by atoms with Crippen LogP contribution in [-0.4, -0.2) is 21.1 Å². The Kier molecular flexibility index (Phi) is 4.33. The summed E-state index contributed by atoms with van der Waals surface area (Å²) >= 11 is 0.748. The molecule has 1 aromatic carbocycles. The molecule has 1 aromatic heterocycles. The average Bonchev–Trinajstić information content (AvgIpc) is 2.84. The Balaban J connectivity index is 2.24. The van der Waals surface area contributed by atoms with Gasteiger partial charge in [-0.05, 0) is 35.5 Å². The van der Waals surface area contributed by atoms with Gasteiger partial charge in [0.15, 0.2) is 0 Å². The maximum Gasteiger partial charge on any atom is 0.281 e. The van der Waals surface area contributed by atoms with Gasteiger partial charge in [-0.25, -0.2) is 0 Å². The number of rotatable bonds is 5. The standard InChI is InChI=1S/C12H9N3O5S/c1-7-13-14-12(20-7)21-10(11(16)17)6-8-2-4-9(5-3-8)15(18)19/h2-6H,1H3,(H,16,17)/p-1/b10-6+. The maximum absolute atomic E-state index is 11.1. The zero-order chi connectivity index (χ0) is 15.4. The number of hydrogen-bond donors (Lipinski definition) is 0. The van der Waals surface area contributed by atoms with Crippen molar-refractivity contribution in [2.45, 2.75) is 12.1 Å². The first-order chi connectivity index (χ1) is 9.95. The molecular formula is C12H8N3O5S-. The second-order valence-electron chi connectivity index (χ2n) is 3.83. The molecule has 0 atom stereocenters. The molecule has 0 aliphatic rings. The highest BCUT2D eigenvalue weighted by Gasteiger charge is 2.09. The predicted molar refractivity (Wildman–Crippen MR) is 71.0 cm³/mol. The first-order valence-corrected chi connectivity index (χ1v) is 6.43. The van der Waals surface area contributed by atoms with E-state index in [0.717, 1.165) is 11.8 Å². The van der Waals surface area contributed by atoms with Crippen molar-refractivity contribution in [1.29, 1.82) is 0 Å². The molecule has 21 heavy (non-hydrogen) atoms. The molecule has 1 heterocycles. The lowest BCUT2D eigenvalue weighted by Crippen LogP contribution is -2.23. The summed E-state index contributed by atoms with van der Waals surface area (Å²) in [5.74, 6) is -1.10. The molecule has 0 spiro atoms. The number of hydrogen-bond acceptors (Lipinski definition) is 8. The molecular weight excluding hydrogens is 298 g/mol. The molecule has 0 aliphatic carbocycles. The highest BCUT2D eigenvalue weighted by molar-refractivity contribution is 8.03. The number of nitrogens with zero attached hydrogens (tertiary/aromatic N) is 3. The van der Waals surface area contributed by atoms with Crippen LogP contribution < -0.4 is 5.11 Å². The highest BCUT2D eigenvalue weighted by atomic mass is 32.2. The maximum atomic E-state index is 11.1. The second kappa shape index (κ2) is 6.18. The Labute approximate surface area is 122 Å². The smallest absolute Gasteiger partial charge is 0.281 e. The van der Waals surface area contributed by atoms with Gasteiger partial charge in [0.25, 0.3) is 10.9 Å². The Morgan fingerprint density at radius 1 is 1.33 bits per heavy atom. The van der Waals surface area contributed by atoms with E-state index >= 15 is 0 Å². The number of carboxylic acids is 1. The van der Waals surface area contributed by atoms with Crippen molar-refractivity contribution in [3.63, 3.8) is 0 Å². The monoisotopic (exact) mass is 306 g/mol. The fourth-order valence-electron chi connectivity index (χ4n) is 1.39. The number of nitro benzene ring substituents is 1. The van der Waals surface area contributed by atoms with Crippen LogP contribution in [0.1, 0.15) is 11.5 Å². The van der Waals surface area contributed by atoms with E-state index in [0.29, 0.717) is 11.5 Å². The van der Waals surface area contributed by atoms with Crippen LogP contribution in [0.2, 0.25) is 0 Å². The quantitative estimate of drug-likeness (QED) is 0.349. The van der Waals surface area contributed by atoms with E-state index in [1.165, 1.54) is 30.3 Å². The van der Waals surface area contributed by atoms with Crippen molar-refractivity contribution in [1.82, 2.24) is 10.2 Å². The summed E-state index contributed by atoms with van der Waals surface area (Å²) in [6.45, 7) is 1.58. The Morgan fingerprint density at radius 2 is 2.00 bits per heavy atom. The Morgan fingerprint density at radius 3 is 2.48 bits per heavy atom. The normalized spacial score (nSPS) is 11.4. The van der Waals surface area contributed by atoms with Crippen LogP contribution in [0, 0.1) is 17.0 Å². The van der Waals surface area contributed by atoms with E-state index in [2.05, 4.69) is 10.2 Å². The van der Waals surface area contributed by atoms with Crippen molar-refractivity contribution in [2.75, 3.05) is 0 Å². The van der Waals surface area contributed by atoms with Gasteiger partial charge in [-0.3, -0.25) is 10.1 Å². The summed E-state index contributed by atoms with van der Waals surface area (Å²) in [7, 11) is 0. The second-order valence-corrected chi connectivity index (χ2v) is 4.83. The number of carboxylic acid groups (broad SMARTS) is 1. The number of aromatic nitrogens is 2. The van der Waals surface area contributed by atoms with E-state index < -0.39 is 10.9 Å². The van der Waals surface area contributed by atoms with Crippen LogP contribution in [0.3, 0.4) is 0 Å². The van der Waals surface area contributed by atoms with E-state index in [9.17, 15) is 20.0 Å². The van der Waals surface area contributed by atoms with Gasteiger partial charge < -0.3 is 14.3 Å². The number of thioether (sulfide) groups is 1. The summed E-state index contributed by atoms with van der Waals surface area (Å²) in [4.78, 5) is 20.9. The molecule has 8 nitrogen and oxygen atoms in total. The Bertz CT molecular complexity index is 708. The molecule has 2 rings (SSSR count). The summed E-state index contributed by atoms with van der Waals surface area (Å²) in [6.07, 6.45) is 1.31. The number of non-ortho nitro benzene ring substituents is 1. The van der Waals surface area contributed by atoms with Gasteiger partial charge in [0.1, 0.15) is 0 Å². The first-order valence-electron chi connectivity index (χ1n) is 5.61. The molecule has 0 saturated carbocycles. The van der Waals surface area contributed by atoms with Crippen molar-refractivity contribution < 1.29 is 19.2 Å². The minimum absolute atomic E-state index is 0.0739. The number of carbonyl (C=O) groups is 1. The molecule has 0 N–H and O–H groups in total. The summed E-state index contributed by atoms with van der Waals surface area (Å²) in [6, 6.07) is 5.42. The van der Waals surface area contributed by atoms with Crippen LogP contribution in [0.25, 0.3) is 6.08 Å². The van der Waals surface area contributed by atoms with Gasteiger partial charge in [0.05, 0.1) is 10.9 Å². The molecule has 0 bridgehead atoms. The molecule has 2 aromatic rings. The summed E-state index contributed by atoms with van der Waals surface area (Å²) in [5.41, 5.74) is 0.394. The average molecular weight is 306 g/mol. The topological polar surface area (TPSA) is 122 Å². The van der Waals surface area contributed by atoms with Gasteiger partial charge >= 0.3 is 0 Å². The molecule has 0 amide bonds. The van der Waals surface area contributed by atoms with Gasteiger partial charge in [0, 0.05) is 24.0 Å². The van der Waals surface area contributed by atoms with Crippen molar-refractivity contribution >= 4 is 29.5 Å². The summed E-state index contributed by atoms with van der Waals surface area (Å²) < 4.78 is 5.07. The molecule has 108 valence electrons. The summed E-state index contributed by atoms with van der Waals surface area (Å²) in [5, 5.41) is 29.0. The predicted octanol–water partition coefficient (Wildman–Crippen LogP) is 1.17. The van der Waals surface area contributed by atoms with Gasteiger partial charge in [0.2, 0.25) is 5.89 Å². The van der Waals surface area contributed by atoms with Gasteiger partial charge in [-0.1, -0.05) is 0 Å². The molecule has 0 fully saturated rings. The fourth-order valence-corrected chi connectivity index (χ4v) is 2.10. The molecule has 0 unspecified atom stereocenters. The fraction of sp³-hybridized carbons (Fsp3) is 0.0833. The number of benzene rings is 1. The first kappa shape index (κ1) is 14.7. The minimum Gasteiger partial charge on any atom is -0.544 e. The minimum atomic E-state index is -1.41. The van der Waals surface area contributed by atoms with Crippen molar-refractivity contribution in [3.05, 3.63) is 50.7 Å². The SMILES string of the molecule is Cc1nnc(S/C(=C/c2ccc([N+](=O)[O-])cc2)C(=O)[O-])o1. The third kappa shape index (κ3) is 3.89. The van der Waals surface area contributed by atoms with E-state index in [-0.39, 0.29) is 15.8 Å². The van der Waals surface area contributed by atoms with Gasteiger partial charge in [-0.2, -0.15) is 0 Å². The van der Waals surface area contributed by atoms with Crippen molar-refractivity contribution in [2.24, 2.45) is 0 Å². The lowest BCUT2D eigenvalue weighted by atomic mass is 10.2. The van der Waals surface area contributed by atoms with Crippen LogP contribution >= 0.6 is 11.8 Å². The lowest BCUT2D eigenvalue weighted by molar-refractivity contribution is -0.384. The van der Waals surface area contributed by atoms with E-state index in [4.69, 9.17) is 4.42 Å². The van der Waals surface area contributed by atoms with Crippen LogP contribution in [-0.2, 0) is 4.79 Å². The number of nitro groups is 1. The Hall–Kier alpha value is -2.68. The van der Waals surface area contributed by atoms with E-state index in [1.807, 2.05) is 0 Å². The molecule has 9 heteroatoms. The molecule has 0 radical (unpaired) electrons. The zero-order valence-electron chi connectivity index (χ0n) is 10.7. The van der Waals surface area contributed by atoms with Crippen LogP contribution in [0.15, 0.2) is 38.8 Å². The van der Waals surface area contributed by atoms with Crippen molar-refractivity contribution in [3.8, 4) is 0 Å². The number of carbonyl (C=O) groups excluding carboxylic acids is 1. The largest absolute Gasteiger partial charge is 0.544 e. The van der Waals surface area contributed by atoms with E-state index in [1.54, 1.807) is 6.92 Å². The van der Waals surface area contributed by atoms with Gasteiger partial charge in [-0.15, -0.1) is 10.2 Å². The lowest BCUT2D eigenvalue weighted by Gasteiger charge is -2.05. The number of aliphatic carboxylic acids is 1. The van der Waals surface area contributed by atoms with Crippen LogP contribution in [0.4, 0.5) is 5.69 Å². The highest BCUT2D eigenvalue weighted by Crippen LogP contribution is 2.27.